The molecule has 3 aromatic rings. The normalized spacial score (nSPS) is 28.0. The molecule has 15 heteroatoms. The Bertz CT molecular complexity index is 1120. The molecule has 2 aliphatic rings. The Hall–Kier alpha value is -3.01. The number of anilines is 1. The van der Waals surface area contributed by atoms with Crippen LogP contribution in [0.2, 0.25) is 0 Å². The van der Waals surface area contributed by atoms with Gasteiger partial charge in [-0.25, -0.2) is 20.1 Å². The zero-order valence-electron chi connectivity index (χ0n) is 16.9. The Balaban J connectivity index is 1.30. The molecule has 0 aliphatic carbocycles. The fraction of sp³-hybridized carbons (Fsp3) is 0.556. The number of nitrogens with one attached hydrogen (secondary N) is 2. The van der Waals surface area contributed by atoms with E-state index in [-0.39, 0.29) is 18.5 Å². The Labute approximate surface area is 183 Å². The number of aliphatic hydroxyl groups is 2. The van der Waals surface area contributed by atoms with Crippen molar-refractivity contribution < 1.29 is 37.6 Å². The first-order valence-electron chi connectivity index (χ1n) is 10.1. The minimum atomic E-state index is -4.62. The number of aromatic nitrogens is 6. The maximum absolute atomic E-state index is 12.7. The van der Waals surface area contributed by atoms with Crippen LogP contribution in [-0.4, -0.2) is 84.1 Å². The van der Waals surface area contributed by atoms with Gasteiger partial charge in [-0.3, -0.25) is 4.57 Å². The smallest absolute Gasteiger partial charge is 0.435 e. The van der Waals surface area contributed by atoms with Crippen LogP contribution in [-0.2, 0) is 15.7 Å². The van der Waals surface area contributed by atoms with Crippen LogP contribution in [0.4, 0.5) is 19.0 Å². The first-order valence-corrected chi connectivity index (χ1v) is 10.1. The van der Waals surface area contributed by atoms with Crippen molar-refractivity contribution in [3.05, 3.63) is 24.4 Å². The molecule has 2 aliphatic heterocycles. The molecule has 0 saturated carbocycles. The molecule has 12 nitrogen and oxygen atoms in total. The molecule has 5 atom stereocenters. The molecule has 0 aromatic carbocycles. The number of imidazole rings is 1. The van der Waals surface area contributed by atoms with E-state index in [1.54, 1.807) is 0 Å². The van der Waals surface area contributed by atoms with Gasteiger partial charge in [-0.1, -0.05) is 0 Å². The molecule has 5 heterocycles. The zero-order chi connectivity index (χ0) is 23.2. The predicted octanol–water partition coefficient (Wildman–Crippen LogP) is 0.467. The van der Waals surface area contributed by atoms with Gasteiger partial charge >= 0.3 is 6.18 Å². The van der Waals surface area contributed by atoms with Gasteiger partial charge in [0.2, 0.25) is 5.88 Å². The van der Waals surface area contributed by atoms with E-state index in [2.05, 4.69) is 30.5 Å². The Morgan fingerprint density at radius 3 is 2.82 bits per heavy atom. The third kappa shape index (κ3) is 4.19. The maximum atomic E-state index is 12.7. The second-order valence-corrected chi connectivity index (χ2v) is 7.72. The summed E-state index contributed by atoms with van der Waals surface area (Å²) in [5.41, 5.74) is -0.319. The highest BCUT2D eigenvalue weighted by Crippen LogP contribution is 2.33. The lowest BCUT2D eigenvalue weighted by atomic mass is 10.1. The van der Waals surface area contributed by atoms with Gasteiger partial charge in [0, 0.05) is 12.7 Å². The van der Waals surface area contributed by atoms with Gasteiger partial charge in [0.25, 0.3) is 0 Å². The van der Waals surface area contributed by atoms with Crippen LogP contribution >= 0.6 is 0 Å². The van der Waals surface area contributed by atoms with E-state index in [1.165, 1.54) is 17.2 Å². The van der Waals surface area contributed by atoms with E-state index in [0.29, 0.717) is 36.3 Å². The van der Waals surface area contributed by atoms with Crippen molar-refractivity contribution in [2.45, 2.75) is 43.2 Å². The Morgan fingerprint density at radius 2 is 2.09 bits per heavy atom. The van der Waals surface area contributed by atoms with Crippen LogP contribution < -0.4 is 10.1 Å². The Morgan fingerprint density at radius 1 is 1.24 bits per heavy atom. The van der Waals surface area contributed by atoms with E-state index in [9.17, 15) is 23.4 Å². The Kier molecular flexibility index (Phi) is 5.55. The summed E-state index contributed by atoms with van der Waals surface area (Å²) in [4.78, 5) is 12.8. The van der Waals surface area contributed by atoms with Crippen molar-refractivity contribution in [1.29, 1.82) is 0 Å². The summed E-state index contributed by atoms with van der Waals surface area (Å²) in [6, 6.07) is 0.782. The number of hydrogen-bond acceptors (Lipinski definition) is 10. The number of nitrogens with zero attached hydrogens (tertiary/aromatic N) is 5. The van der Waals surface area contributed by atoms with Gasteiger partial charge in [0.15, 0.2) is 28.9 Å². The molecule has 1 unspecified atom stereocenters. The number of rotatable bonds is 6. The average Bonchev–Trinajstić information content (AvgIpc) is 3.56. The second-order valence-electron chi connectivity index (χ2n) is 7.72. The molecule has 3 aromatic heterocycles. The van der Waals surface area contributed by atoms with Crippen LogP contribution in [0.1, 0.15) is 18.3 Å². The molecule has 0 spiro atoms. The highest BCUT2D eigenvalue weighted by atomic mass is 19.4. The summed E-state index contributed by atoms with van der Waals surface area (Å²) in [7, 11) is 0. The van der Waals surface area contributed by atoms with Crippen molar-refractivity contribution in [3.8, 4) is 5.88 Å². The SMILES string of the molecule is O[C@@H]1[C@H](O)[C@H](n2cnc3c(NC4CCOC4)ncnc32)O[C@@H]1COc1cc(C(F)(F)F)n[nH]1. The molecule has 0 bridgehead atoms. The van der Waals surface area contributed by atoms with Gasteiger partial charge in [-0.2, -0.15) is 18.3 Å². The average molecular weight is 471 g/mol. The molecule has 0 amide bonds. The zero-order valence-corrected chi connectivity index (χ0v) is 16.9. The molecule has 5 rings (SSSR count). The van der Waals surface area contributed by atoms with E-state index in [4.69, 9.17) is 14.2 Å². The maximum Gasteiger partial charge on any atom is 0.435 e. The van der Waals surface area contributed by atoms with Crippen LogP contribution in [0.3, 0.4) is 0 Å². The molecule has 4 N–H and O–H groups in total. The highest BCUT2D eigenvalue weighted by Gasteiger charge is 2.45. The van der Waals surface area contributed by atoms with Gasteiger partial charge in [0.05, 0.1) is 19.0 Å². The summed E-state index contributed by atoms with van der Waals surface area (Å²) < 4.78 is 55.8. The first-order chi connectivity index (χ1) is 15.8. The van der Waals surface area contributed by atoms with Crippen LogP contribution in [0.5, 0.6) is 5.88 Å². The number of fused-ring (bicyclic) bond motifs is 1. The van der Waals surface area contributed by atoms with E-state index < -0.39 is 36.4 Å². The molecule has 2 saturated heterocycles. The molecule has 0 radical (unpaired) electrons. The molecule has 2 fully saturated rings. The molecular weight excluding hydrogens is 451 g/mol. The summed E-state index contributed by atoms with van der Waals surface area (Å²) in [6.07, 6.45) is -5.86. The standard InChI is InChI=1S/C18H20F3N7O5/c19-18(20,21)10-3-11(27-26-10)32-5-9-13(29)14(30)17(33-9)28-7-24-12-15(22-6-23-16(12)28)25-8-1-2-31-4-8/h3,6-9,13-14,17,29-30H,1-2,4-5H2,(H,26,27)(H,22,23,25)/t8?,9-,13+,14+,17-/m1/s1. The molecule has 33 heavy (non-hydrogen) atoms. The monoisotopic (exact) mass is 471 g/mol. The summed E-state index contributed by atoms with van der Waals surface area (Å²) in [5.74, 6) is 0.255. The number of aromatic amines is 1. The minimum Gasteiger partial charge on any atom is -0.475 e. The van der Waals surface area contributed by atoms with Crippen LogP contribution in [0.25, 0.3) is 11.2 Å². The number of ether oxygens (including phenoxy) is 3. The quantitative estimate of drug-likeness (QED) is 0.399. The molecular formula is C18H20F3N7O5. The summed E-state index contributed by atoms with van der Waals surface area (Å²) in [6.45, 7) is 0.871. The van der Waals surface area contributed by atoms with Gasteiger partial charge < -0.3 is 29.7 Å². The van der Waals surface area contributed by atoms with Crippen LogP contribution in [0.15, 0.2) is 18.7 Å². The van der Waals surface area contributed by atoms with Crippen molar-refractivity contribution in [2.75, 3.05) is 25.1 Å². The fourth-order valence-corrected chi connectivity index (χ4v) is 3.78. The number of alkyl halides is 3. The lowest BCUT2D eigenvalue weighted by molar-refractivity contribution is -0.141. The van der Waals surface area contributed by atoms with Crippen molar-refractivity contribution in [2.24, 2.45) is 0 Å². The first kappa shape index (κ1) is 21.8. The predicted molar refractivity (Wildman–Crippen MR) is 103 cm³/mol. The van der Waals surface area contributed by atoms with Crippen molar-refractivity contribution in [1.82, 2.24) is 29.7 Å². The number of halogens is 3. The number of H-pyrrole nitrogens is 1. The lowest BCUT2D eigenvalue weighted by Gasteiger charge is -2.17. The minimum absolute atomic E-state index is 0.0882. The lowest BCUT2D eigenvalue weighted by Crippen LogP contribution is -2.34. The third-order valence-corrected chi connectivity index (χ3v) is 5.49. The highest BCUT2D eigenvalue weighted by molar-refractivity contribution is 5.82. The van der Waals surface area contributed by atoms with E-state index in [1.807, 2.05) is 0 Å². The van der Waals surface area contributed by atoms with Gasteiger partial charge in [-0.15, -0.1) is 0 Å². The summed E-state index contributed by atoms with van der Waals surface area (Å²) in [5, 5.41) is 29.5. The van der Waals surface area contributed by atoms with E-state index in [0.717, 1.165) is 6.42 Å². The molecule has 178 valence electrons. The number of aliphatic hydroxyl groups excluding tert-OH is 2. The van der Waals surface area contributed by atoms with Crippen LogP contribution in [0, 0.1) is 0 Å². The number of hydrogen-bond donors (Lipinski definition) is 4. The fourth-order valence-electron chi connectivity index (χ4n) is 3.78. The van der Waals surface area contributed by atoms with Crippen molar-refractivity contribution >= 4 is 17.0 Å². The van der Waals surface area contributed by atoms with Gasteiger partial charge in [-0.05, 0) is 6.42 Å². The van der Waals surface area contributed by atoms with E-state index >= 15 is 0 Å². The second kappa shape index (κ2) is 8.40. The largest absolute Gasteiger partial charge is 0.475 e. The summed E-state index contributed by atoms with van der Waals surface area (Å²) >= 11 is 0. The topological polar surface area (TPSA) is 152 Å². The van der Waals surface area contributed by atoms with Crippen molar-refractivity contribution in [3.63, 3.8) is 0 Å². The third-order valence-electron chi connectivity index (χ3n) is 5.49. The van der Waals surface area contributed by atoms with Gasteiger partial charge in [0.1, 0.15) is 31.2 Å².